The summed E-state index contributed by atoms with van der Waals surface area (Å²) in [4.78, 5) is 14.4. The number of hydrogen-bond acceptors (Lipinski definition) is 4. The Bertz CT molecular complexity index is 500. The number of carbonyl (C=O) groups excluding carboxylic acids is 1. The lowest BCUT2D eigenvalue weighted by molar-refractivity contribution is -0.160. The van der Waals surface area contributed by atoms with Crippen molar-refractivity contribution in [1.82, 2.24) is 4.90 Å². The monoisotopic (exact) mass is 278 g/mol. The number of nitrogens with two attached hydrogens (primary N) is 1. The van der Waals surface area contributed by atoms with Gasteiger partial charge < -0.3 is 10.5 Å². The van der Waals surface area contributed by atoms with E-state index < -0.39 is 17.8 Å². The predicted octanol–water partition coefficient (Wildman–Crippen LogP) is 1.46. The van der Waals surface area contributed by atoms with E-state index in [9.17, 15) is 9.18 Å². The minimum Gasteiger partial charge on any atom is -0.459 e. The number of hydrogen-bond donors (Lipinski definition) is 1. The number of carbonyl (C=O) groups is 1. The standard InChI is InChI=1S/C15H19FN2O2/c16-12-4-2-1-3-11(12)14(17)15(19)20-13-9-18-7-5-10(13)6-8-18/h1-4,10,13-14H,5-9,17H2/t13-,14?/m0/s1. The molecule has 3 fully saturated rings. The van der Waals surface area contributed by atoms with Gasteiger partial charge in [-0.15, -0.1) is 0 Å². The van der Waals surface area contributed by atoms with Crippen molar-refractivity contribution >= 4 is 5.97 Å². The molecule has 0 saturated carbocycles. The van der Waals surface area contributed by atoms with Gasteiger partial charge >= 0.3 is 5.97 Å². The van der Waals surface area contributed by atoms with Gasteiger partial charge in [-0.3, -0.25) is 4.90 Å². The Morgan fingerprint density at radius 1 is 1.35 bits per heavy atom. The van der Waals surface area contributed by atoms with E-state index in [2.05, 4.69) is 4.90 Å². The van der Waals surface area contributed by atoms with Gasteiger partial charge in [0.2, 0.25) is 0 Å². The third kappa shape index (κ3) is 2.55. The van der Waals surface area contributed by atoms with E-state index in [1.807, 2.05) is 0 Å². The Hall–Kier alpha value is -1.46. The fourth-order valence-electron chi connectivity index (χ4n) is 3.12. The van der Waals surface area contributed by atoms with Crippen LogP contribution in [-0.2, 0) is 9.53 Å². The van der Waals surface area contributed by atoms with Crippen LogP contribution in [0, 0.1) is 11.7 Å². The third-order valence-corrected chi connectivity index (χ3v) is 4.36. The molecule has 108 valence electrons. The van der Waals surface area contributed by atoms with Crippen LogP contribution in [0.25, 0.3) is 0 Å². The van der Waals surface area contributed by atoms with Crippen LogP contribution >= 0.6 is 0 Å². The highest BCUT2D eigenvalue weighted by molar-refractivity contribution is 5.77. The first-order chi connectivity index (χ1) is 9.65. The van der Waals surface area contributed by atoms with Crippen LogP contribution in [0.4, 0.5) is 4.39 Å². The summed E-state index contributed by atoms with van der Waals surface area (Å²) < 4.78 is 19.2. The van der Waals surface area contributed by atoms with Crippen molar-refractivity contribution in [2.24, 2.45) is 11.7 Å². The second-order valence-corrected chi connectivity index (χ2v) is 5.61. The molecular weight excluding hydrogens is 259 g/mol. The van der Waals surface area contributed by atoms with Crippen LogP contribution in [0.3, 0.4) is 0 Å². The zero-order valence-electron chi connectivity index (χ0n) is 11.3. The van der Waals surface area contributed by atoms with E-state index in [0.717, 1.165) is 32.5 Å². The van der Waals surface area contributed by atoms with Gasteiger partial charge in [0.05, 0.1) is 0 Å². The zero-order valence-corrected chi connectivity index (χ0v) is 11.3. The van der Waals surface area contributed by atoms with E-state index in [0.29, 0.717) is 5.92 Å². The van der Waals surface area contributed by atoms with Gasteiger partial charge in [-0.2, -0.15) is 0 Å². The first kappa shape index (κ1) is 13.5. The molecule has 5 heteroatoms. The molecule has 2 N–H and O–H groups in total. The number of ether oxygens (including phenoxy) is 1. The largest absolute Gasteiger partial charge is 0.459 e. The van der Waals surface area contributed by atoms with Gasteiger partial charge in [0.1, 0.15) is 18.0 Å². The van der Waals surface area contributed by atoms with Gasteiger partial charge in [-0.05, 0) is 37.9 Å². The Balaban J connectivity index is 1.66. The highest BCUT2D eigenvalue weighted by Gasteiger charge is 2.37. The molecule has 4 nitrogen and oxygen atoms in total. The second kappa shape index (κ2) is 5.50. The van der Waals surface area contributed by atoms with Crippen LogP contribution in [-0.4, -0.2) is 36.6 Å². The lowest BCUT2D eigenvalue weighted by Crippen LogP contribution is -2.52. The predicted molar refractivity (Wildman–Crippen MR) is 72.4 cm³/mol. The Labute approximate surface area is 117 Å². The average molecular weight is 278 g/mol. The molecule has 0 spiro atoms. The Morgan fingerprint density at radius 2 is 2.05 bits per heavy atom. The van der Waals surface area contributed by atoms with Crippen molar-refractivity contribution in [2.45, 2.75) is 25.0 Å². The summed E-state index contributed by atoms with van der Waals surface area (Å²) in [6.07, 6.45) is 2.03. The van der Waals surface area contributed by atoms with Crippen molar-refractivity contribution in [3.8, 4) is 0 Å². The number of piperidine rings is 3. The van der Waals surface area contributed by atoms with Gasteiger partial charge in [-0.25, -0.2) is 9.18 Å². The molecule has 3 aliphatic heterocycles. The van der Waals surface area contributed by atoms with Crippen molar-refractivity contribution < 1.29 is 13.9 Å². The second-order valence-electron chi connectivity index (χ2n) is 5.61. The SMILES string of the molecule is NC(C(=O)O[C@H]1CN2CCC1CC2)c1ccccc1F. The minimum absolute atomic E-state index is 0.0946. The summed E-state index contributed by atoms with van der Waals surface area (Å²) in [6, 6.07) is 5.02. The van der Waals surface area contributed by atoms with Crippen LogP contribution < -0.4 is 5.73 Å². The maximum absolute atomic E-state index is 13.6. The van der Waals surface area contributed by atoms with Gasteiger partial charge in [0.15, 0.2) is 0 Å². The molecular formula is C15H19FN2O2. The summed E-state index contributed by atoms with van der Waals surface area (Å²) in [6.45, 7) is 2.94. The topological polar surface area (TPSA) is 55.6 Å². The highest BCUT2D eigenvalue weighted by Crippen LogP contribution is 2.30. The maximum Gasteiger partial charge on any atom is 0.328 e. The van der Waals surface area contributed by atoms with E-state index in [-0.39, 0.29) is 11.7 Å². The van der Waals surface area contributed by atoms with Crippen molar-refractivity contribution in [2.75, 3.05) is 19.6 Å². The molecule has 0 amide bonds. The van der Waals surface area contributed by atoms with Crippen molar-refractivity contribution in [3.05, 3.63) is 35.6 Å². The first-order valence-corrected chi connectivity index (χ1v) is 7.08. The van der Waals surface area contributed by atoms with Crippen molar-refractivity contribution in [3.63, 3.8) is 0 Å². The summed E-state index contributed by atoms with van der Waals surface area (Å²) in [5.74, 6) is -0.573. The third-order valence-electron chi connectivity index (χ3n) is 4.36. The van der Waals surface area contributed by atoms with Crippen molar-refractivity contribution in [1.29, 1.82) is 0 Å². The molecule has 0 aromatic heterocycles. The number of halogens is 1. The summed E-state index contributed by atoms with van der Waals surface area (Å²) in [5.41, 5.74) is 6.02. The number of rotatable bonds is 3. The number of esters is 1. The molecule has 1 aromatic carbocycles. The lowest BCUT2D eigenvalue weighted by Gasteiger charge is -2.44. The smallest absolute Gasteiger partial charge is 0.328 e. The lowest BCUT2D eigenvalue weighted by atomic mass is 9.86. The molecule has 4 rings (SSSR count). The Morgan fingerprint density at radius 3 is 2.65 bits per heavy atom. The first-order valence-electron chi connectivity index (χ1n) is 7.08. The summed E-state index contributed by atoms with van der Waals surface area (Å²) in [7, 11) is 0. The van der Waals surface area contributed by atoms with Crippen LogP contribution in [0.15, 0.2) is 24.3 Å². The van der Waals surface area contributed by atoms with Crippen LogP contribution in [0.1, 0.15) is 24.4 Å². The van der Waals surface area contributed by atoms with E-state index in [1.54, 1.807) is 12.1 Å². The van der Waals surface area contributed by atoms with E-state index in [1.165, 1.54) is 12.1 Å². The molecule has 1 unspecified atom stereocenters. The minimum atomic E-state index is -1.05. The molecule has 3 saturated heterocycles. The maximum atomic E-state index is 13.6. The fourth-order valence-corrected chi connectivity index (χ4v) is 3.12. The van der Waals surface area contributed by atoms with Gasteiger partial charge in [0, 0.05) is 12.1 Å². The summed E-state index contributed by atoms with van der Waals surface area (Å²) in [5, 5.41) is 0. The molecule has 1 aromatic rings. The quantitative estimate of drug-likeness (QED) is 0.851. The normalized spacial score (nSPS) is 30.0. The number of benzene rings is 1. The zero-order chi connectivity index (χ0) is 14.1. The number of fused-ring (bicyclic) bond motifs is 3. The molecule has 2 atom stereocenters. The van der Waals surface area contributed by atoms with Crippen LogP contribution in [0.5, 0.6) is 0 Å². The van der Waals surface area contributed by atoms with E-state index >= 15 is 0 Å². The number of nitrogens with zero attached hydrogens (tertiary/aromatic N) is 1. The van der Waals surface area contributed by atoms with Crippen LogP contribution in [0.2, 0.25) is 0 Å². The molecule has 3 heterocycles. The highest BCUT2D eigenvalue weighted by atomic mass is 19.1. The van der Waals surface area contributed by atoms with E-state index in [4.69, 9.17) is 10.5 Å². The van der Waals surface area contributed by atoms with Gasteiger partial charge in [0.25, 0.3) is 0 Å². The Kier molecular flexibility index (Phi) is 3.72. The molecule has 0 radical (unpaired) electrons. The molecule has 20 heavy (non-hydrogen) atoms. The molecule has 0 aliphatic carbocycles. The average Bonchev–Trinajstić information content (AvgIpc) is 2.48. The molecule has 3 aliphatic rings. The summed E-state index contributed by atoms with van der Waals surface area (Å²) >= 11 is 0. The van der Waals surface area contributed by atoms with Gasteiger partial charge in [-0.1, -0.05) is 18.2 Å². The fraction of sp³-hybridized carbons (Fsp3) is 0.533. The molecule has 2 bridgehead atoms.